The summed E-state index contributed by atoms with van der Waals surface area (Å²) in [5.74, 6) is 9.88. The van der Waals surface area contributed by atoms with Crippen LogP contribution in [0.4, 0.5) is 0 Å². The van der Waals surface area contributed by atoms with E-state index in [1.54, 1.807) is 7.11 Å². The van der Waals surface area contributed by atoms with E-state index in [0.717, 1.165) is 35.8 Å². The Bertz CT molecular complexity index is 866. The lowest BCUT2D eigenvalue weighted by molar-refractivity contribution is 0.314. The Morgan fingerprint density at radius 3 is 2.11 bits per heavy atom. The molecule has 28 heavy (non-hydrogen) atoms. The van der Waals surface area contributed by atoms with Crippen LogP contribution in [0.2, 0.25) is 0 Å². The van der Waals surface area contributed by atoms with Crippen LogP contribution in [0.1, 0.15) is 13.3 Å². The smallest absolute Gasteiger partial charge is 0.210 e. The van der Waals surface area contributed by atoms with Crippen LogP contribution < -0.4 is 20.1 Å². The van der Waals surface area contributed by atoms with Crippen molar-refractivity contribution in [2.45, 2.75) is 18.5 Å². The topological polar surface area (TPSA) is 84.4 Å². The Balaban J connectivity index is 1.49. The van der Waals surface area contributed by atoms with Crippen molar-refractivity contribution in [3.05, 3.63) is 48.5 Å². The maximum atomic E-state index is 6.14. The molecule has 0 aliphatic heterocycles. The van der Waals surface area contributed by atoms with Gasteiger partial charge in [0.15, 0.2) is 5.82 Å². The highest BCUT2D eigenvalue weighted by molar-refractivity contribution is 7.99. The first-order chi connectivity index (χ1) is 13.7. The predicted molar refractivity (Wildman–Crippen MR) is 111 cm³/mol. The molecule has 148 valence electrons. The monoisotopic (exact) mass is 400 g/mol. The van der Waals surface area contributed by atoms with E-state index in [4.69, 9.17) is 20.1 Å². The molecule has 0 saturated carbocycles. The molecule has 0 spiro atoms. The van der Waals surface area contributed by atoms with Crippen molar-refractivity contribution in [2.24, 2.45) is 0 Å². The summed E-state index contributed by atoms with van der Waals surface area (Å²) in [6, 6.07) is 15.2. The third-order valence-electron chi connectivity index (χ3n) is 3.89. The summed E-state index contributed by atoms with van der Waals surface area (Å²) in [6.45, 7) is 3.33. The van der Waals surface area contributed by atoms with Crippen molar-refractivity contribution in [3.8, 4) is 28.6 Å². The van der Waals surface area contributed by atoms with Crippen LogP contribution in [0.5, 0.6) is 17.2 Å². The zero-order valence-corrected chi connectivity index (χ0v) is 16.8. The zero-order chi connectivity index (χ0) is 19.8. The largest absolute Gasteiger partial charge is 0.497 e. The number of benzene rings is 2. The van der Waals surface area contributed by atoms with Crippen molar-refractivity contribution >= 4 is 11.8 Å². The number of thioether (sulfide) groups is 1. The molecule has 2 aromatic carbocycles. The van der Waals surface area contributed by atoms with E-state index in [1.807, 2.05) is 48.5 Å². The first-order valence-electron chi connectivity index (χ1n) is 9.04. The minimum Gasteiger partial charge on any atom is -0.497 e. The molecule has 0 aliphatic carbocycles. The van der Waals surface area contributed by atoms with Crippen LogP contribution in [0.3, 0.4) is 0 Å². The summed E-state index contributed by atoms with van der Waals surface area (Å²) in [5, 5.41) is 8.99. The highest BCUT2D eigenvalue weighted by Crippen LogP contribution is 2.24. The molecule has 0 amide bonds. The van der Waals surface area contributed by atoms with E-state index < -0.39 is 0 Å². The molecule has 8 heteroatoms. The third-order valence-corrected chi connectivity index (χ3v) is 4.80. The number of nitrogens with zero attached hydrogens (tertiary/aromatic N) is 3. The maximum absolute atomic E-state index is 6.14. The molecule has 7 nitrogen and oxygen atoms in total. The fourth-order valence-electron chi connectivity index (χ4n) is 2.46. The number of methoxy groups -OCH3 is 1. The molecule has 2 N–H and O–H groups in total. The first-order valence-corrected chi connectivity index (χ1v) is 10.0. The Kier molecular flexibility index (Phi) is 7.02. The molecule has 0 fully saturated rings. The maximum Gasteiger partial charge on any atom is 0.210 e. The number of hydrogen-bond acceptors (Lipinski definition) is 7. The number of aromatic nitrogens is 3. The zero-order valence-electron chi connectivity index (χ0n) is 16.0. The molecular formula is C20H24N4O3S. The molecule has 1 aromatic heterocycles. The first kappa shape index (κ1) is 19.9. The van der Waals surface area contributed by atoms with E-state index in [9.17, 15) is 0 Å². The summed E-state index contributed by atoms with van der Waals surface area (Å²) in [4.78, 5) is 0. The van der Waals surface area contributed by atoms with Gasteiger partial charge in [-0.05, 0) is 55.0 Å². The molecule has 3 aromatic rings. The van der Waals surface area contributed by atoms with Gasteiger partial charge in [-0.15, -0.1) is 10.2 Å². The van der Waals surface area contributed by atoms with Gasteiger partial charge in [-0.2, -0.15) is 0 Å². The summed E-state index contributed by atoms with van der Waals surface area (Å²) in [7, 11) is 1.63. The molecule has 0 atom stereocenters. The minimum absolute atomic E-state index is 0.532. The molecule has 0 unspecified atom stereocenters. The molecule has 0 bridgehead atoms. The van der Waals surface area contributed by atoms with Gasteiger partial charge in [0.05, 0.1) is 20.3 Å². The van der Waals surface area contributed by atoms with Gasteiger partial charge in [0.25, 0.3) is 0 Å². The highest BCUT2D eigenvalue weighted by Gasteiger charge is 2.12. The fourth-order valence-corrected chi connectivity index (χ4v) is 3.13. The van der Waals surface area contributed by atoms with Crippen molar-refractivity contribution in [1.29, 1.82) is 0 Å². The van der Waals surface area contributed by atoms with E-state index in [-0.39, 0.29) is 0 Å². The standard InChI is InChI=1S/C20H24N4O3S/c1-3-12-26-17-8-10-18(11-9-17)27-13-14-28-20-23-22-19(24(20)21)15-4-6-16(25-2)7-5-15/h4-11H,3,12-14,21H2,1-2H3. The number of ether oxygens (including phenoxy) is 3. The lowest BCUT2D eigenvalue weighted by atomic mass is 10.2. The van der Waals surface area contributed by atoms with Gasteiger partial charge in [-0.25, -0.2) is 4.68 Å². The van der Waals surface area contributed by atoms with Crippen molar-refractivity contribution in [1.82, 2.24) is 14.9 Å². The van der Waals surface area contributed by atoms with Gasteiger partial charge in [-0.1, -0.05) is 18.7 Å². The minimum atomic E-state index is 0.532. The van der Waals surface area contributed by atoms with Crippen LogP contribution in [-0.2, 0) is 0 Å². The van der Waals surface area contributed by atoms with Crippen LogP contribution in [-0.4, -0.2) is 40.9 Å². The van der Waals surface area contributed by atoms with E-state index in [2.05, 4.69) is 17.1 Å². The summed E-state index contributed by atoms with van der Waals surface area (Å²) in [6.07, 6.45) is 0.988. The van der Waals surface area contributed by atoms with Crippen LogP contribution in [0.15, 0.2) is 53.7 Å². The van der Waals surface area contributed by atoms with Crippen molar-refractivity contribution in [3.63, 3.8) is 0 Å². The van der Waals surface area contributed by atoms with Crippen molar-refractivity contribution < 1.29 is 14.2 Å². The quantitative estimate of drug-likeness (QED) is 0.316. The fraction of sp³-hybridized carbons (Fsp3) is 0.300. The molecule has 0 aliphatic rings. The third kappa shape index (κ3) is 5.10. The highest BCUT2D eigenvalue weighted by atomic mass is 32.2. The molecule has 0 radical (unpaired) electrons. The lowest BCUT2D eigenvalue weighted by Crippen LogP contribution is -2.12. The Labute approximate surface area is 168 Å². The average Bonchev–Trinajstić information content (AvgIpc) is 3.11. The second-order valence-corrected chi connectivity index (χ2v) is 6.98. The molecule has 0 saturated heterocycles. The van der Waals surface area contributed by atoms with Crippen LogP contribution >= 0.6 is 11.8 Å². The number of nitrogen functional groups attached to an aromatic ring is 1. The summed E-state index contributed by atoms with van der Waals surface area (Å²) >= 11 is 1.49. The second kappa shape index (κ2) is 9.89. The molecule has 3 rings (SSSR count). The normalized spacial score (nSPS) is 10.6. The van der Waals surface area contributed by atoms with Gasteiger partial charge in [-0.3, -0.25) is 0 Å². The molecular weight excluding hydrogens is 376 g/mol. The Morgan fingerprint density at radius 2 is 1.50 bits per heavy atom. The summed E-state index contributed by atoms with van der Waals surface area (Å²) in [5.41, 5.74) is 0.879. The lowest BCUT2D eigenvalue weighted by Gasteiger charge is -2.08. The number of rotatable bonds is 10. The van der Waals surface area contributed by atoms with Crippen molar-refractivity contribution in [2.75, 3.05) is 31.9 Å². The number of nitrogens with two attached hydrogens (primary N) is 1. The Morgan fingerprint density at radius 1 is 0.893 bits per heavy atom. The van der Waals surface area contributed by atoms with E-state index >= 15 is 0 Å². The average molecular weight is 401 g/mol. The van der Waals surface area contributed by atoms with Gasteiger partial charge in [0.2, 0.25) is 5.16 Å². The van der Waals surface area contributed by atoms with Crippen LogP contribution in [0.25, 0.3) is 11.4 Å². The second-order valence-electron chi connectivity index (χ2n) is 5.92. The molecule has 1 heterocycles. The van der Waals surface area contributed by atoms with Crippen LogP contribution in [0, 0.1) is 0 Å². The van der Waals surface area contributed by atoms with Gasteiger partial charge in [0, 0.05) is 11.3 Å². The van der Waals surface area contributed by atoms with E-state index in [1.165, 1.54) is 16.4 Å². The van der Waals surface area contributed by atoms with Gasteiger partial charge in [0.1, 0.15) is 17.2 Å². The number of hydrogen-bond donors (Lipinski definition) is 1. The SMILES string of the molecule is CCCOc1ccc(OCCSc2nnc(-c3ccc(OC)cc3)n2N)cc1. The summed E-state index contributed by atoms with van der Waals surface area (Å²) < 4.78 is 18.0. The predicted octanol–water partition coefficient (Wildman–Crippen LogP) is 3.63. The van der Waals surface area contributed by atoms with Gasteiger partial charge >= 0.3 is 0 Å². The Hall–Kier alpha value is -2.87. The van der Waals surface area contributed by atoms with E-state index in [0.29, 0.717) is 23.3 Å². The van der Waals surface area contributed by atoms with Gasteiger partial charge < -0.3 is 20.1 Å².